The van der Waals surface area contributed by atoms with E-state index in [1.54, 1.807) is 12.1 Å². The van der Waals surface area contributed by atoms with Crippen molar-refractivity contribution in [3.8, 4) is 0 Å². The molecule has 1 unspecified atom stereocenters. The van der Waals surface area contributed by atoms with E-state index >= 15 is 0 Å². The highest BCUT2D eigenvalue weighted by molar-refractivity contribution is 7.90. The lowest BCUT2D eigenvalue weighted by molar-refractivity contribution is -0.127. The fourth-order valence-electron chi connectivity index (χ4n) is 6.45. The van der Waals surface area contributed by atoms with Gasteiger partial charge >= 0.3 is 0 Å². The van der Waals surface area contributed by atoms with Crippen molar-refractivity contribution in [3.63, 3.8) is 0 Å². The first-order valence-electron chi connectivity index (χ1n) is 15.6. The molecular weight excluding hydrogens is 604 g/mol. The molecule has 2 aromatic heterocycles. The predicted octanol–water partition coefficient (Wildman–Crippen LogP) is 4.53. The molecule has 5 rings (SSSR count). The minimum atomic E-state index is -4.29. The Morgan fingerprint density at radius 2 is 1.91 bits per heavy atom. The van der Waals surface area contributed by atoms with E-state index in [9.17, 15) is 18.0 Å². The summed E-state index contributed by atoms with van der Waals surface area (Å²) in [5.41, 5.74) is 0.0445. The lowest BCUT2D eigenvalue weighted by Gasteiger charge is -2.17. The summed E-state index contributed by atoms with van der Waals surface area (Å²) in [6.45, 7) is 7.05. The number of nitrogens with zero attached hydrogens (tertiary/aromatic N) is 3. The van der Waals surface area contributed by atoms with E-state index in [0.717, 1.165) is 32.2 Å². The number of anilines is 2. The highest BCUT2D eigenvalue weighted by atomic mass is 35.5. The summed E-state index contributed by atoms with van der Waals surface area (Å²) in [7, 11) is -4.29. The van der Waals surface area contributed by atoms with Crippen LogP contribution in [0.4, 0.5) is 11.6 Å². The minimum absolute atomic E-state index is 0.131. The van der Waals surface area contributed by atoms with Crippen molar-refractivity contribution in [2.75, 3.05) is 36.5 Å². The third-order valence-electron chi connectivity index (χ3n) is 8.82. The van der Waals surface area contributed by atoms with Crippen LogP contribution in [0.25, 0.3) is 0 Å². The topological polar surface area (TPSA) is 143 Å². The molecule has 2 aromatic rings. The van der Waals surface area contributed by atoms with E-state index in [2.05, 4.69) is 34.4 Å². The van der Waals surface area contributed by atoms with Gasteiger partial charge in [-0.2, -0.15) is 8.42 Å². The summed E-state index contributed by atoms with van der Waals surface area (Å²) in [5, 5.41) is 6.20. The van der Waals surface area contributed by atoms with E-state index < -0.39 is 22.0 Å². The van der Waals surface area contributed by atoms with E-state index in [1.807, 2.05) is 4.72 Å². The fourth-order valence-corrected chi connectivity index (χ4v) is 7.62. The van der Waals surface area contributed by atoms with Crippen molar-refractivity contribution in [3.05, 3.63) is 41.0 Å². The number of hydrogen-bond acceptors (Lipinski definition) is 9. The first-order chi connectivity index (χ1) is 21.0. The number of amides is 2. The van der Waals surface area contributed by atoms with Gasteiger partial charge in [0.15, 0.2) is 5.03 Å². The normalized spacial score (nSPS) is 22.1. The van der Waals surface area contributed by atoms with Gasteiger partial charge in [0.1, 0.15) is 22.9 Å². The average Bonchev–Trinajstić information content (AvgIpc) is 3.72. The zero-order valence-corrected chi connectivity index (χ0v) is 27.1. The van der Waals surface area contributed by atoms with Crippen molar-refractivity contribution < 1.29 is 22.7 Å². The van der Waals surface area contributed by atoms with Gasteiger partial charge < -0.3 is 15.4 Å². The molecule has 240 valence electrons. The Bertz CT molecular complexity index is 1450. The molecule has 1 aliphatic carbocycles. The molecule has 13 heteroatoms. The van der Waals surface area contributed by atoms with Gasteiger partial charge in [0, 0.05) is 31.7 Å². The van der Waals surface area contributed by atoms with Crippen molar-refractivity contribution >= 4 is 45.1 Å². The summed E-state index contributed by atoms with van der Waals surface area (Å²) < 4.78 is 33.9. The summed E-state index contributed by atoms with van der Waals surface area (Å²) in [6.07, 6.45) is 9.10. The fraction of sp³-hybridized carbons (Fsp3) is 0.613. The molecule has 1 saturated carbocycles. The molecule has 3 aliphatic rings. The molecule has 4 heterocycles. The number of ether oxygens (including phenoxy) is 1. The predicted molar refractivity (Wildman–Crippen MR) is 169 cm³/mol. The van der Waals surface area contributed by atoms with Crippen molar-refractivity contribution in [1.29, 1.82) is 0 Å². The van der Waals surface area contributed by atoms with Crippen LogP contribution in [0.15, 0.2) is 35.4 Å². The number of rotatable bonds is 13. The van der Waals surface area contributed by atoms with Crippen molar-refractivity contribution in [2.45, 2.75) is 88.3 Å². The van der Waals surface area contributed by atoms with Crippen LogP contribution in [0, 0.1) is 11.8 Å². The molecule has 3 N–H and O–H groups in total. The molecule has 0 spiro atoms. The molecule has 2 saturated heterocycles. The number of aromatic nitrogens is 2. The van der Waals surface area contributed by atoms with Gasteiger partial charge in [0.25, 0.3) is 21.8 Å². The van der Waals surface area contributed by atoms with Crippen LogP contribution < -0.4 is 20.3 Å². The highest BCUT2D eigenvalue weighted by Gasteiger charge is 2.35. The lowest BCUT2D eigenvalue weighted by atomic mass is 9.94. The van der Waals surface area contributed by atoms with Crippen LogP contribution >= 0.6 is 11.6 Å². The largest absolute Gasteiger partial charge is 0.370 e. The average molecular weight is 647 g/mol. The van der Waals surface area contributed by atoms with E-state index in [4.69, 9.17) is 16.3 Å². The zero-order valence-electron chi connectivity index (χ0n) is 25.5. The first-order valence-corrected chi connectivity index (χ1v) is 17.5. The van der Waals surface area contributed by atoms with Crippen LogP contribution in [0.5, 0.6) is 0 Å². The molecule has 0 aromatic carbocycles. The Morgan fingerprint density at radius 3 is 2.64 bits per heavy atom. The van der Waals surface area contributed by atoms with Gasteiger partial charge in [0.05, 0.1) is 5.56 Å². The SMILES string of the molecule is CC1(C)C[C@H](CCCNc2cccc(S(=O)(=O)NC(=O)c3ccc(N4CCC(OCCC5CCCC5)C4=O)nc3Cl)n2)CN1. The Morgan fingerprint density at radius 1 is 1.11 bits per heavy atom. The van der Waals surface area contributed by atoms with Gasteiger partial charge in [0.2, 0.25) is 0 Å². The van der Waals surface area contributed by atoms with Gasteiger partial charge in [-0.05, 0) is 82.2 Å². The second-order valence-corrected chi connectivity index (χ2v) is 14.8. The molecule has 2 amide bonds. The second kappa shape index (κ2) is 14.1. The summed E-state index contributed by atoms with van der Waals surface area (Å²) in [4.78, 5) is 35.8. The van der Waals surface area contributed by atoms with E-state index in [0.29, 0.717) is 43.8 Å². The van der Waals surface area contributed by atoms with Gasteiger partial charge in [-0.3, -0.25) is 14.5 Å². The minimum Gasteiger partial charge on any atom is -0.370 e. The van der Waals surface area contributed by atoms with Crippen LogP contribution in [-0.4, -0.2) is 68.1 Å². The van der Waals surface area contributed by atoms with Crippen LogP contribution in [-0.2, 0) is 19.6 Å². The Kier molecular flexibility index (Phi) is 10.4. The Balaban J connectivity index is 1.13. The number of sulfonamides is 1. The van der Waals surface area contributed by atoms with Crippen molar-refractivity contribution in [2.24, 2.45) is 11.8 Å². The molecule has 2 aliphatic heterocycles. The number of carbonyl (C=O) groups excluding carboxylic acids is 2. The molecule has 0 bridgehead atoms. The Labute approximate surface area is 264 Å². The molecule has 2 atom stereocenters. The monoisotopic (exact) mass is 646 g/mol. The number of hydrogen-bond donors (Lipinski definition) is 3. The van der Waals surface area contributed by atoms with Crippen molar-refractivity contribution in [1.82, 2.24) is 20.0 Å². The quantitative estimate of drug-likeness (QED) is 0.211. The van der Waals surface area contributed by atoms with Gasteiger partial charge in [-0.15, -0.1) is 0 Å². The molecule has 11 nitrogen and oxygen atoms in total. The third kappa shape index (κ3) is 8.26. The van der Waals surface area contributed by atoms with Crippen LogP contribution in [0.3, 0.4) is 0 Å². The Hall–Kier alpha value is -2.80. The first kappa shape index (κ1) is 32.6. The smallest absolute Gasteiger partial charge is 0.281 e. The van der Waals surface area contributed by atoms with Crippen LogP contribution in [0.2, 0.25) is 5.15 Å². The number of pyridine rings is 2. The maximum absolute atomic E-state index is 13.0. The maximum atomic E-state index is 13.0. The number of nitrogens with one attached hydrogen (secondary N) is 3. The van der Waals surface area contributed by atoms with Crippen LogP contribution in [0.1, 0.15) is 82.0 Å². The molecule has 44 heavy (non-hydrogen) atoms. The number of halogens is 1. The van der Waals surface area contributed by atoms with Gasteiger partial charge in [-0.1, -0.05) is 43.4 Å². The summed E-state index contributed by atoms with van der Waals surface area (Å²) >= 11 is 6.31. The third-order valence-corrected chi connectivity index (χ3v) is 10.3. The molecular formula is C31H43ClN6O5S. The standard InChI is InChI=1S/C31H43ClN6O5S/c1-31(2)19-22(20-34-31)9-6-16-33-25-10-5-11-27(35-25)44(41,42)37-29(39)23-12-13-26(36-28(23)32)38-17-14-24(30(38)40)43-18-15-21-7-3-4-8-21/h5,10-13,21-22,24,34H,3-4,6-9,14-20H2,1-2H3,(H,33,35)(H,37,39)/t22-,24?/m0/s1. The maximum Gasteiger partial charge on any atom is 0.281 e. The second-order valence-electron chi connectivity index (χ2n) is 12.8. The number of carbonyl (C=O) groups is 2. The highest BCUT2D eigenvalue weighted by Crippen LogP contribution is 2.29. The van der Waals surface area contributed by atoms with E-state index in [1.165, 1.54) is 48.8 Å². The lowest BCUT2D eigenvalue weighted by Crippen LogP contribution is -2.33. The molecule has 3 fully saturated rings. The van der Waals surface area contributed by atoms with E-state index in [-0.39, 0.29) is 33.0 Å². The zero-order chi connectivity index (χ0) is 31.3. The molecule has 0 radical (unpaired) electrons. The summed E-state index contributed by atoms with van der Waals surface area (Å²) in [6, 6.07) is 7.42. The summed E-state index contributed by atoms with van der Waals surface area (Å²) in [5.74, 6) is 0.862. The van der Waals surface area contributed by atoms with Gasteiger partial charge in [-0.25, -0.2) is 14.7 Å².